The predicted octanol–water partition coefficient (Wildman–Crippen LogP) is 1.59. The van der Waals surface area contributed by atoms with Crippen LogP contribution < -0.4 is 10.5 Å². The minimum atomic E-state index is 0.0792. The van der Waals surface area contributed by atoms with Gasteiger partial charge < -0.3 is 10.5 Å². The van der Waals surface area contributed by atoms with Gasteiger partial charge in [0.25, 0.3) is 0 Å². The van der Waals surface area contributed by atoms with Crippen LogP contribution in [-0.4, -0.2) is 17.1 Å². The van der Waals surface area contributed by atoms with Crippen LogP contribution in [0.1, 0.15) is 20.3 Å². The second-order valence-electron chi connectivity index (χ2n) is 4.46. The molecule has 0 bridgehead atoms. The molecule has 0 saturated heterocycles. The molecule has 3 nitrogen and oxygen atoms in total. The number of nitrogens with zero attached hydrogens (tertiary/aromatic N) is 1. The van der Waals surface area contributed by atoms with Crippen LogP contribution in [0.15, 0.2) is 24.5 Å². The fourth-order valence-electron chi connectivity index (χ4n) is 1.70. The molecular weight excluding hydrogens is 176 g/mol. The molecule has 0 aromatic carbocycles. The number of hydrogen-bond donors (Lipinski definition) is 1. The first-order valence-corrected chi connectivity index (χ1v) is 4.93. The maximum absolute atomic E-state index is 5.90. The topological polar surface area (TPSA) is 48.1 Å². The molecule has 2 rings (SSSR count). The van der Waals surface area contributed by atoms with E-state index in [0.717, 1.165) is 12.2 Å². The molecule has 2 unspecified atom stereocenters. The molecule has 2 atom stereocenters. The maximum atomic E-state index is 5.90. The lowest BCUT2D eigenvalue weighted by molar-refractivity contribution is -0.0401. The normalized spacial score (nSPS) is 29.4. The van der Waals surface area contributed by atoms with Crippen molar-refractivity contribution in [2.45, 2.75) is 32.4 Å². The van der Waals surface area contributed by atoms with Gasteiger partial charge in [-0.1, -0.05) is 13.8 Å². The van der Waals surface area contributed by atoms with Gasteiger partial charge in [0.1, 0.15) is 11.9 Å². The quantitative estimate of drug-likeness (QED) is 0.774. The summed E-state index contributed by atoms with van der Waals surface area (Å²) in [5, 5.41) is 0. The minimum Gasteiger partial charge on any atom is -0.488 e. The van der Waals surface area contributed by atoms with Crippen LogP contribution in [0.3, 0.4) is 0 Å². The number of pyridine rings is 1. The lowest BCUT2D eigenvalue weighted by Gasteiger charge is -2.49. The second kappa shape index (κ2) is 3.24. The Labute approximate surface area is 84.3 Å². The molecule has 0 radical (unpaired) electrons. The zero-order valence-corrected chi connectivity index (χ0v) is 8.60. The lowest BCUT2D eigenvalue weighted by Crippen LogP contribution is -2.60. The Morgan fingerprint density at radius 1 is 1.57 bits per heavy atom. The SMILES string of the molecule is CC1(C)C(N)CC1Oc1cccnc1. The highest BCUT2D eigenvalue weighted by atomic mass is 16.5. The first kappa shape index (κ1) is 9.46. The summed E-state index contributed by atoms with van der Waals surface area (Å²) in [6, 6.07) is 4.05. The molecule has 2 N–H and O–H groups in total. The average molecular weight is 192 g/mol. The predicted molar refractivity (Wildman–Crippen MR) is 55.0 cm³/mol. The standard InChI is InChI=1S/C11H16N2O/c1-11(2)9(12)6-10(11)14-8-4-3-5-13-7-8/h3-5,7,9-10H,6,12H2,1-2H3. The van der Waals surface area contributed by atoms with Crippen LogP contribution in [0.25, 0.3) is 0 Å². The van der Waals surface area contributed by atoms with Crippen molar-refractivity contribution in [1.29, 1.82) is 0 Å². The van der Waals surface area contributed by atoms with E-state index < -0.39 is 0 Å². The minimum absolute atomic E-state index is 0.0792. The van der Waals surface area contributed by atoms with E-state index in [0.29, 0.717) is 0 Å². The van der Waals surface area contributed by atoms with E-state index >= 15 is 0 Å². The summed E-state index contributed by atoms with van der Waals surface area (Å²) in [4.78, 5) is 4.01. The molecular formula is C11H16N2O. The number of nitrogens with two attached hydrogens (primary N) is 1. The first-order chi connectivity index (χ1) is 6.60. The Bertz CT molecular complexity index is 310. The van der Waals surface area contributed by atoms with Gasteiger partial charge in [-0.2, -0.15) is 0 Å². The van der Waals surface area contributed by atoms with Gasteiger partial charge in [-0.15, -0.1) is 0 Å². The summed E-state index contributed by atoms with van der Waals surface area (Å²) < 4.78 is 5.79. The van der Waals surface area contributed by atoms with Crippen molar-refractivity contribution in [2.75, 3.05) is 0 Å². The second-order valence-corrected chi connectivity index (χ2v) is 4.46. The Kier molecular flexibility index (Phi) is 2.19. The number of aromatic nitrogens is 1. The van der Waals surface area contributed by atoms with E-state index in [1.54, 1.807) is 12.4 Å². The Morgan fingerprint density at radius 2 is 2.36 bits per heavy atom. The van der Waals surface area contributed by atoms with E-state index in [2.05, 4.69) is 18.8 Å². The molecule has 1 heterocycles. The van der Waals surface area contributed by atoms with Gasteiger partial charge in [0.2, 0.25) is 0 Å². The molecule has 0 amide bonds. The van der Waals surface area contributed by atoms with Crippen molar-refractivity contribution < 1.29 is 4.74 Å². The van der Waals surface area contributed by atoms with Gasteiger partial charge in [-0.05, 0) is 12.1 Å². The highest BCUT2D eigenvalue weighted by Crippen LogP contribution is 2.41. The van der Waals surface area contributed by atoms with Crippen molar-refractivity contribution in [1.82, 2.24) is 4.98 Å². The molecule has 1 fully saturated rings. The zero-order valence-electron chi connectivity index (χ0n) is 8.60. The van der Waals surface area contributed by atoms with E-state index in [1.165, 1.54) is 0 Å². The third-order valence-electron chi connectivity index (χ3n) is 3.17. The largest absolute Gasteiger partial charge is 0.488 e. The summed E-state index contributed by atoms with van der Waals surface area (Å²) >= 11 is 0. The number of ether oxygens (including phenoxy) is 1. The van der Waals surface area contributed by atoms with Crippen LogP contribution in [0, 0.1) is 5.41 Å². The smallest absolute Gasteiger partial charge is 0.138 e. The van der Waals surface area contributed by atoms with Crippen molar-refractivity contribution in [2.24, 2.45) is 11.1 Å². The van der Waals surface area contributed by atoms with Crippen LogP contribution in [0.5, 0.6) is 5.75 Å². The van der Waals surface area contributed by atoms with E-state index in [9.17, 15) is 0 Å². The number of hydrogen-bond acceptors (Lipinski definition) is 3. The van der Waals surface area contributed by atoms with E-state index in [1.807, 2.05) is 12.1 Å². The van der Waals surface area contributed by atoms with Crippen molar-refractivity contribution in [3.63, 3.8) is 0 Å². The summed E-state index contributed by atoms with van der Waals surface area (Å²) in [7, 11) is 0. The fraction of sp³-hybridized carbons (Fsp3) is 0.545. The third kappa shape index (κ3) is 1.48. The molecule has 76 valence electrons. The van der Waals surface area contributed by atoms with Crippen molar-refractivity contribution in [3.05, 3.63) is 24.5 Å². The first-order valence-electron chi connectivity index (χ1n) is 4.93. The Morgan fingerprint density at radius 3 is 2.86 bits per heavy atom. The van der Waals surface area contributed by atoms with Crippen molar-refractivity contribution >= 4 is 0 Å². The van der Waals surface area contributed by atoms with Crippen LogP contribution in [0.2, 0.25) is 0 Å². The van der Waals surface area contributed by atoms with Gasteiger partial charge in [-0.25, -0.2) is 0 Å². The molecule has 1 aromatic rings. The third-order valence-corrected chi connectivity index (χ3v) is 3.17. The molecule has 0 aliphatic heterocycles. The molecule has 1 aliphatic carbocycles. The summed E-state index contributed by atoms with van der Waals surface area (Å²) in [5.41, 5.74) is 5.98. The lowest BCUT2D eigenvalue weighted by atomic mass is 9.65. The van der Waals surface area contributed by atoms with Crippen LogP contribution in [0.4, 0.5) is 0 Å². The summed E-state index contributed by atoms with van der Waals surface area (Å²) in [5.74, 6) is 0.831. The molecule has 1 aromatic heterocycles. The highest BCUT2D eigenvalue weighted by Gasteiger charge is 2.47. The van der Waals surface area contributed by atoms with E-state index in [4.69, 9.17) is 10.5 Å². The molecule has 0 spiro atoms. The van der Waals surface area contributed by atoms with Crippen LogP contribution >= 0.6 is 0 Å². The Balaban J connectivity index is 2.01. The van der Waals surface area contributed by atoms with Gasteiger partial charge in [0.15, 0.2) is 0 Å². The van der Waals surface area contributed by atoms with E-state index in [-0.39, 0.29) is 17.6 Å². The maximum Gasteiger partial charge on any atom is 0.138 e. The van der Waals surface area contributed by atoms with Crippen LogP contribution in [-0.2, 0) is 0 Å². The molecule has 1 aliphatic rings. The molecule has 1 saturated carbocycles. The summed E-state index contributed by atoms with van der Waals surface area (Å²) in [6.45, 7) is 4.28. The number of rotatable bonds is 2. The summed E-state index contributed by atoms with van der Waals surface area (Å²) in [6.07, 6.45) is 4.63. The Hall–Kier alpha value is -1.09. The monoisotopic (exact) mass is 192 g/mol. The van der Waals surface area contributed by atoms with Gasteiger partial charge >= 0.3 is 0 Å². The average Bonchev–Trinajstić information content (AvgIpc) is 2.19. The molecule has 3 heteroatoms. The van der Waals surface area contributed by atoms with Gasteiger partial charge in [0.05, 0.1) is 6.20 Å². The fourth-order valence-corrected chi connectivity index (χ4v) is 1.70. The van der Waals surface area contributed by atoms with Crippen molar-refractivity contribution in [3.8, 4) is 5.75 Å². The van der Waals surface area contributed by atoms with Gasteiger partial charge in [-0.3, -0.25) is 4.98 Å². The zero-order chi connectivity index (χ0) is 10.2. The van der Waals surface area contributed by atoms with Gasteiger partial charge in [0, 0.05) is 24.1 Å². The highest BCUT2D eigenvalue weighted by molar-refractivity contribution is 5.18. The molecule has 14 heavy (non-hydrogen) atoms.